The van der Waals surface area contributed by atoms with Gasteiger partial charge in [-0.3, -0.25) is 10.2 Å². The zero-order valence-electron chi connectivity index (χ0n) is 9.90. The lowest BCUT2D eigenvalue weighted by atomic mass is 10.2. The molecule has 0 atom stereocenters. The molecule has 0 spiro atoms. The second kappa shape index (κ2) is 6.58. The molecule has 0 aliphatic carbocycles. The zero-order valence-corrected chi connectivity index (χ0v) is 11.5. The van der Waals surface area contributed by atoms with Crippen LogP contribution in [0.15, 0.2) is 17.0 Å². The lowest BCUT2D eigenvalue weighted by Crippen LogP contribution is -2.30. The van der Waals surface area contributed by atoms with Crippen molar-refractivity contribution < 1.29 is 14.6 Å². The number of hydrogen-bond acceptors (Lipinski definition) is 5. The number of amides is 1. The normalized spacial score (nSPS) is 10.0. The molecule has 0 saturated carbocycles. The molecule has 0 heterocycles. The molecule has 18 heavy (non-hydrogen) atoms. The molecule has 1 aromatic rings. The zero-order chi connectivity index (χ0) is 13.7. The van der Waals surface area contributed by atoms with Crippen LogP contribution < -0.4 is 11.3 Å². The van der Waals surface area contributed by atoms with E-state index in [0.29, 0.717) is 4.90 Å². The summed E-state index contributed by atoms with van der Waals surface area (Å²) in [7, 11) is 1.21. The van der Waals surface area contributed by atoms with Crippen molar-refractivity contribution in [3.05, 3.63) is 27.6 Å². The molecule has 98 valence electrons. The fourth-order valence-corrected chi connectivity index (χ4v) is 2.43. The van der Waals surface area contributed by atoms with Gasteiger partial charge in [0, 0.05) is 11.0 Å². The first-order valence-electron chi connectivity index (χ1n) is 5.03. The second-order valence-corrected chi connectivity index (χ2v) is 4.86. The minimum absolute atomic E-state index is 0.0539. The van der Waals surface area contributed by atoms with Gasteiger partial charge in [-0.25, -0.2) is 10.7 Å². The number of hydrogen-bond donors (Lipinski definition) is 2. The smallest absolute Gasteiger partial charge is 0.290 e. The van der Waals surface area contributed by atoms with Gasteiger partial charge in [0.05, 0.1) is 10.5 Å². The molecule has 8 heteroatoms. The number of nitrogens with two attached hydrogens (primary N) is 1. The van der Waals surface area contributed by atoms with Crippen LogP contribution >= 0.6 is 23.4 Å². The summed E-state index contributed by atoms with van der Waals surface area (Å²) in [4.78, 5) is 28.4. The van der Waals surface area contributed by atoms with Gasteiger partial charge >= 0.3 is 5.69 Å². The molecule has 0 unspecified atom stereocenters. The number of halogens is 1. The predicted octanol–water partition coefficient (Wildman–Crippen LogP) is 2.03. The average molecular weight is 291 g/mol. The van der Waals surface area contributed by atoms with Crippen LogP contribution in [0.4, 0.5) is 5.69 Å². The van der Waals surface area contributed by atoms with E-state index in [4.69, 9.17) is 17.4 Å². The molecule has 0 aromatic heterocycles. The summed E-state index contributed by atoms with van der Waals surface area (Å²) in [6, 6.07) is 2.89. The van der Waals surface area contributed by atoms with E-state index < -0.39 is 5.91 Å². The Labute approximate surface area is 113 Å². The Balaban J connectivity index is 3.35. The van der Waals surface area contributed by atoms with Crippen molar-refractivity contribution in [2.24, 2.45) is 5.84 Å². The van der Waals surface area contributed by atoms with E-state index in [2.05, 4.69) is 4.84 Å². The molecule has 0 aliphatic rings. The Morgan fingerprint density at radius 2 is 2.28 bits per heavy atom. The molecule has 1 aromatic carbocycles. The third-order valence-electron chi connectivity index (χ3n) is 2.09. The first-order chi connectivity index (χ1) is 8.54. The van der Waals surface area contributed by atoms with Crippen molar-refractivity contribution in [3.8, 4) is 0 Å². The summed E-state index contributed by atoms with van der Waals surface area (Å²) in [5, 5.41) is 0.205. The SMILES string of the molecule is CCSc1cc(Cl)c([N+](=O)OC)cc1C(=O)NN. The predicted molar refractivity (Wildman–Crippen MR) is 69.8 cm³/mol. The van der Waals surface area contributed by atoms with Crippen molar-refractivity contribution >= 4 is 35.0 Å². The fourth-order valence-electron chi connectivity index (χ4n) is 1.31. The van der Waals surface area contributed by atoms with Gasteiger partial charge in [-0.1, -0.05) is 18.5 Å². The number of thioether (sulfide) groups is 1. The third kappa shape index (κ3) is 3.12. The molecule has 0 aliphatic heterocycles. The first-order valence-corrected chi connectivity index (χ1v) is 6.40. The number of carbonyl (C=O) groups is 1. The monoisotopic (exact) mass is 290 g/mol. The van der Waals surface area contributed by atoms with Gasteiger partial charge in [0.1, 0.15) is 5.02 Å². The van der Waals surface area contributed by atoms with Crippen molar-refractivity contribution in [2.45, 2.75) is 11.8 Å². The van der Waals surface area contributed by atoms with Gasteiger partial charge in [0.25, 0.3) is 10.8 Å². The highest BCUT2D eigenvalue weighted by molar-refractivity contribution is 7.99. The molecule has 0 radical (unpaired) electrons. The number of nitrogen functional groups attached to an aromatic ring is 1. The lowest BCUT2D eigenvalue weighted by Gasteiger charge is -2.07. The van der Waals surface area contributed by atoms with Gasteiger partial charge in [-0.05, 0) is 11.8 Å². The molecule has 6 nitrogen and oxygen atoms in total. The molecular formula is C10H13ClN3O3S+. The van der Waals surface area contributed by atoms with Crippen LogP contribution in [-0.4, -0.2) is 23.7 Å². The average Bonchev–Trinajstić information content (AvgIpc) is 2.37. The first kappa shape index (κ1) is 14.7. The van der Waals surface area contributed by atoms with Gasteiger partial charge in [-0.2, -0.15) is 0 Å². The molecule has 0 bridgehead atoms. The quantitative estimate of drug-likeness (QED) is 0.375. The Bertz CT molecular complexity index is 482. The fraction of sp³-hybridized carbons (Fsp3) is 0.300. The van der Waals surface area contributed by atoms with Crippen LogP contribution in [0.2, 0.25) is 5.02 Å². The summed E-state index contributed by atoms with van der Waals surface area (Å²) >= 11 is 7.39. The number of hydrazine groups is 1. The third-order valence-corrected chi connectivity index (χ3v) is 3.33. The summed E-state index contributed by atoms with van der Waals surface area (Å²) in [5.41, 5.74) is 2.36. The Kier molecular flexibility index (Phi) is 5.39. The number of carbonyl (C=O) groups excluding carboxylic acids is 1. The van der Waals surface area contributed by atoms with Gasteiger partial charge in [0.15, 0.2) is 7.11 Å². The van der Waals surface area contributed by atoms with Gasteiger partial charge < -0.3 is 0 Å². The summed E-state index contributed by atoms with van der Waals surface area (Å²) in [5.74, 6) is 5.36. The highest BCUT2D eigenvalue weighted by Gasteiger charge is 2.25. The number of nitrogens with zero attached hydrogens (tertiary/aromatic N) is 1. The van der Waals surface area contributed by atoms with Crippen LogP contribution in [0.3, 0.4) is 0 Å². The maximum atomic E-state index is 11.6. The maximum Gasteiger partial charge on any atom is 0.336 e. The number of rotatable bonds is 5. The molecule has 0 saturated heterocycles. The largest absolute Gasteiger partial charge is 0.336 e. The van der Waals surface area contributed by atoms with E-state index >= 15 is 0 Å². The molecule has 1 rings (SSSR count). The Morgan fingerprint density at radius 3 is 2.78 bits per heavy atom. The summed E-state index contributed by atoms with van der Waals surface area (Å²) < 4.78 is 0. The topological polar surface area (TPSA) is 84.4 Å². The summed E-state index contributed by atoms with van der Waals surface area (Å²) in [6.45, 7) is 1.94. The van der Waals surface area contributed by atoms with Crippen LogP contribution in [0.25, 0.3) is 0 Å². The van der Waals surface area contributed by atoms with E-state index in [1.54, 1.807) is 6.07 Å². The van der Waals surface area contributed by atoms with Crippen LogP contribution in [-0.2, 0) is 4.84 Å². The highest BCUT2D eigenvalue weighted by Crippen LogP contribution is 2.33. The van der Waals surface area contributed by atoms with E-state index in [1.165, 1.54) is 24.9 Å². The maximum absolute atomic E-state index is 11.6. The van der Waals surface area contributed by atoms with Gasteiger partial charge in [-0.15, -0.1) is 11.8 Å². The number of nitrogens with one attached hydrogen (secondary N) is 1. The molecule has 3 N–H and O–H groups in total. The van der Waals surface area contributed by atoms with E-state index in [-0.39, 0.29) is 21.2 Å². The van der Waals surface area contributed by atoms with E-state index in [1.807, 2.05) is 12.3 Å². The molecule has 0 fully saturated rings. The van der Waals surface area contributed by atoms with Crippen LogP contribution in [0.5, 0.6) is 0 Å². The Hall–Kier alpha value is -1.31. The molecular weight excluding hydrogens is 278 g/mol. The van der Waals surface area contributed by atoms with Crippen LogP contribution in [0, 0.1) is 4.91 Å². The van der Waals surface area contributed by atoms with Crippen molar-refractivity contribution in [3.63, 3.8) is 0 Å². The molecule has 1 amide bonds. The second-order valence-electron chi connectivity index (χ2n) is 3.15. The van der Waals surface area contributed by atoms with Gasteiger partial charge in [0.2, 0.25) is 0 Å². The van der Waals surface area contributed by atoms with Crippen molar-refractivity contribution in [2.75, 3.05) is 12.9 Å². The lowest BCUT2D eigenvalue weighted by molar-refractivity contribution is -0.736. The highest BCUT2D eigenvalue weighted by atomic mass is 35.5. The van der Waals surface area contributed by atoms with E-state index in [0.717, 1.165) is 5.75 Å². The van der Waals surface area contributed by atoms with Crippen molar-refractivity contribution in [1.82, 2.24) is 5.43 Å². The number of benzene rings is 1. The Morgan fingerprint density at radius 1 is 1.61 bits per heavy atom. The minimum atomic E-state index is -0.492. The van der Waals surface area contributed by atoms with Crippen LogP contribution in [0.1, 0.15) is 17.3 Å². The standard InChI is InChI=1S/C10H12ClN3O3S/c1-3-18-9-5-7(11)8(14(16)17-2)4-6(9)10(15)13-12/h4-5H,3,12H2,1-2H3/p+1. The van der Waals surface area contributed by atoms with E-state index in [9.17, 15) is 9.70 Å². The van der Waals surface area contributed by atoms with Crippen molar-refractivity contribution in [1.29, 1.82) is 0 Å². The minimum Gasteiger partial charge on any atom is -0.290 e. The summed E-state index contributed by atoms with van der Waals surface area (Å²) in [6.07, 6.45) is 0.